The van der Waals surface area contributed by atoms with Crippen LogP contribution in [0.15, 0.2) is 24.3 Å². The third kappa shape index (κ3) is 15.5. The Morgan fingerprint density at radius 2 is 1.42 bits per heavy atom. The summed E-state index contributed by atoms with van der Waals surface area (Å²) in [4.78, 5) is 0. The summed E-state index contributed by atoms with van der Waals surface area (Å²) in [7, 11) is 1.81. The first-order chi connectivity index (χ1) is 25.2. The number of allylic oxidation sites excluding steroid dienone is 1. The fraction of sp³-hybridized carbons (Fsp3) is 0.805. The van der Waals surface area contributed by atoms with Crippen molar-refractivity contribution in [2.75, 3.05) is 20.3 Å². The Morgan fingerprint density at radius 1 is 0.827 bits per heavy atom. The Balaban J connectivity index is 1.12. The summed E-state index contributed by atoms with van der Waals surface area (Å²) < 4.78 is 17.1. The zero-order valence-electron chi connectivity index (χ0n) is 32.0. The van der Waals surface area contributed by atoms with Crippen LogP contribution in [0.2, 0.25) is 0 Å². The van der Waals surface area contributed by atoms with Crippen LogP contribution < -0.4 is 11.1 Å². The van der Waals surface area contributed by atoms with Gasteiger partial charge in [0.15, 0.2) is 17.8 Å². The third-order valence-corrected chi connectivity index (χ3v) is 10.9. The number of aliphatic hydroxyl groups is 4. The molecule has 9 atom stereocenters. The van der Waals surface area contributed by atoms with Crippen LogP contribution in [0.4, 0.5) is 0 Å². The number of ether oxygens (including phenoxy) is 3. The molecule has 0 spiro atoms. The van der Waals surface area contributed by atoms with Crippen LogP contribution in [0.1, 0.15) is 146 Å². The van der Waals surface area contributed by atoms with Crippen LogP contribution in [0.3, 0.4) is 0 Å². The van der Waals surface area contributed by atoms with Gasteiger partial charge >= 0.3 is 0 Å². The smallest absolute Gasteiger partial charge is 0.187 e. The summed E-state index contributed by atoms with van der Waals surface area (Å²) in [6.45, 7) is 2.27. The Morgan fingerprint density at radius 3 is 2.06 bits per heavy atom. The number of nitrogens with two attached hydrogens (primary N) is 1. The second-order valence-corrected chi connectivity index (χ2v) is 15.2. The van der Waals surface area contributed by atoms with Gasteiger partial charge in [-0.3, -0.25) is 0 Å². The molecule has 2 aliphatic heterocycles. The summed E-state index contributed by atoms with van der Waals surface area (Å²) in [6, 6.07) is 3.42. The van der Waals surface area contributed by atoms with Gasteiger partial charge in [0.1, 0.15) is 24.4 Å². The molecular formula is C41H72N2O9. The number of rotatable bonds is 27. The fourth-order valence-corrected chi connectivity index (χ4v) is 7.52. The van der Waals surface area contributed by atoms with Gasteiger partial charge in [0.25, 0.3) is 0 Å². The third-order valence-electron chi connectivity index (χ3n) is 10.9. The molecule has 11 heteroatoms. The molecule has 0 aromatic heterocycles. The number of hydrogen-bond acceptors (Lipinski definition) is 11. The standard InChI is InChI=1S/C41H72N2O9/c1-29(42)36(51-41-40(49)39(48)38(47)37(28-44)52-41)23-19-15-10-8-6-4-3-5-7-9-12-16-20-31(50-2)21-17-13-11-14-18-22-33-32-27-35(46)34(45)26-30(32)24-25-43-33/h16,20,26-27,29,31,33,36-41,43-49H,3-15,17-19,21-25,28,42H2,1-2H3. The SMILES string of the molecule is COC(C=CCCCCCCCCCCCCC(OC1OC(CO)C(O)C(O)C1O)C(C)N)CCCCCCCC1NCCc2cc(O)c(O)cc21. The Labute approximate surface area is 312 Å². The number of benzene rings is 1. The van der Waals surface area contributed by atoms with Crippen LogP contribution in [0.25, 0.3) is 0 Å². The first-order valence-electron chi connectivity index (χ1n) is 20.3. The largest absolute Gasteiger partial charge is 0.504 e. The molecule has 1 aromatic carbocycles. The molecule has 0 amide bonds. The second kappa shape index (κ2) is 25.3. The summed E-state index contributed by atoms with van der Waals surface area (Å²) >= 11 is 0. The van der Waals surface area contributed by atoms with Crippen molar-refractivity contribution in [1.82, 2.24) is 5.32 Å². The van der Waals surface area contributed by atoms with Crippen LogP contribution in [0.5, 0.6) is 11.5 Å². The number of aliphatic hydroxyl groups excluding tert-OH is 4. The normalized spacial score (nSPS) is 25.3. The zero-order valence-corrected chi connectivity index (χ0v) is 32.0. The van der Waals surface area contributed by atoms with Gasteiger partial charge in [-0.05, 0) is 75.3 Å². The molecule has 2 aliphatic rings. The highest BCUT2D eigenvalue weighted by Gasteiger charge is 2.45. The molecule has 1 aromatic rings. The molecule has 1 saturated heterocycles. The van der Waals surface area contributed by atoms with E-state index in [0.29, 0.717) is 6.42 Å². The van der Waals surface area contributed by atoms with E-state index in [-0.39, 0.29) is 35.8 Å². The molecule has 0 aliphatic carbocycles. The van der Waals surface area contributed by atoms with Crippen molar-refractivity contribution in [3.8, 4) is 11.5 Å². The number of phenols is 2. The summed E-state index contributed by atoms with van der Waals surface area (Å²) in [5.41, 5.74) is 8.40. The molecule has 9 unspecified atom stereocenters. The molecule has 11 nitrogen and oxygen atoms in total. The lowest BCUT2D eigenvalue weighted by Gasteiger charge is -2.41. The van der Waals surface area contributed by atoms with E-state index in [4.69, 9.17) is 19.9 Å². The summed E-state index contributed by atoms with van der Waals surface area (Å²) in [5, 5.41) is 63.0. The zero-order chi connectivity index (χ0) is 37.7. The molecule has 2 heterocycles. The van der Waals surface area contributed by atoms with E-state index in [2.05, 4.69) is 17.5 Å². The van der Waals surface area contributed by atoms with E-state index in [1.807, 2.05) is 6.92 Å². The van der Waals surface area contributed by atoms with Crippen LogP contribution in [-0.2, 0) is 20.6 Å². The fourth-order valence-electron chi connectivity index (χ4n) is 7.52. The van der Waals surface area contributed by atoms with Gasteiger partial charge in [-0.15, -0.1) is 0 Å². The average Bonchev–Trinajstić information content (AvgIpc) is 3.13. The van der Waals surface area contributed by atoms with Crippen molar-refractivity contribution in [2.24, 2.45) is 5.73 Å². The van der Waals surface area contributed by atoms with Crippen LogP contribution >= 0.6 is 0 Å². The van der Waals surface area contributed by atoms with Crippen molar-refractivity contribution in [2.45, 2.75) is 190 Å². The van der Waals surface area contributed by atoms with Gasteiger partial charge in [0.2, 0.25) is 0 Å². The number of aromatic hydroxyl groups is 2. The predicted octanol–water partition coefficient (Wildman–Crippen LogP) is 5.80. The number of fused-ring (bicyclic) bond motifs is 1. The minimum absolute atomic E-state index is 0.0218. The minimum Gasteiger partial charge on any atom is -0.504 e. The summed E-state index contributed by atoms with van der Waals surface area (Å²) in [6.07, 6.45) is 20.7. The molecule has 0 saturated carbocycles. The van der Waals surface area contributed by atoms with Gasteiger partial charge in [0.05, 0.1) is 18.8 Å². The van der Waals surface area contributed by atoms with Crippen molar-refractivity contribution in [1.29, 1.82) is 0 Å². The number of methoxy groups -OCH3 is 1. The number of hydrogen-bond donors (Lipinski definition) is 8. The van der Waals surface area contributed by atoms with Crippen molar-refractivity contribution in [3.63, 3.8) is 0 Å². The summed E-state index contributed by atoms with van der Waals surface area (Å²) in [5.74, 6) is -0.0493. The maximum atomic E-state index is 10.3. The average molecular weight is 737 g/mol. The lowest BCUT2D eigenvalue weighted by atomic mass is 9.90. The van der Waals surface area contributed by atoms with E-state index >= 15 is 0 Å². The Kier molecular flexibility index (Phi) is 21.7. The highest BCUT2D eigenvalue weighted by atomic mass is 16.7. The molecule has 0 bridgehead atoms. The highest BCUT2D eigenvalue weighted by molar-refractivity contribution is 5.47. The van der Waals surface area contributed by atoms with E-state index < -0.39 is 37.3 Å². The quantitative estimate of drug-likeness (QED) is 0.0310. The van der Waals surface area contributed by atoms with Gasteiger partial charge in [-0.1, -0.05) is 102 Å². The van der Waals surface area contributed by atoms with Crippen molar-refractivity contribution < 1.29 is 44.8 Å². The van der Waals surface area contributed by atoms with Gasteiger partial charge < -0.3 is 55.9 Å². The number of nitrogens with one attached hydrogen (secondary N) is 1. The van der Waals surface area contributed by atoms with Gasteiger partial charge in [0, 0.05) is 19.2 Å². The van der Waals surface area contributed by atoms with E-state index in [1.165, 1.54) is 70.6 Å². The first kappa shape index (κ1) is 44.6. The maximum absolute atomic E-state index is 10.3. The topological polar surface area (TPSA) is 187 Å². The van der Waals surface area contributed by atoms with E-state index in [1.54, 1.807) is 19.2 Å². The minimum atomic E-state index is -1.45. The van der Waals surface area contributed by atoms with E-state index in [0.717, 1.165) is 69.0 Å². The van der Waals surface area contributed by atoms with Crippen LogP contribution in [-0.4, -0.2) is 99.9 Å². The molecule has 3 rings (SSSR count). The molecule has 300 valence electrons. The van der Waals surface area contributed by atoms with Crippen molar-refractivity contribution in [3.05, 3.63) is 35.4 Å². The molecule has 1 fully saturated rings. The van der Waals surface area contributed by atoms with E-state index in [9.17, 15) is 30.6 Å². The van der Waals surface area contributed by atoms with Crippen molar-refractivity contribution >= 4 is 0 Å². The highest BCUT2D eigenvalue weighted by Crippen LogP contribution is 2.35. The molecular weight excluding hydrogens is 664 g/mol. The first-order valence-corrected chi connectivity index (χ1v) is 20.3. The number of unbranched alkanes of at least 4 members (excludes halogenated alkanes) is 14. The van der Waals surface area contributed by atoms with Crippen LogP contribution in [0, 0.1) is 0 Å². The number of phenolic OH excluding ortho intramolecular Hbond substituents is 2. The lowest BCUT2D eigenvalue weighted by molar-refractivity contribution is -0.312. The molecule has 0 radical (unpaired) electrons. The Bertz CT molecular complexity index is 1120. The van der Waals surface area contributed by atoms with Gasteiger partial charge in [-0.25, -0.2) is 0 Å². The second-order valence-electron chi connectivity index (χ2n) is 15.2. The molecule has 9 N–H and O–H groups in total. The van der Waals surface area contributed by atoms with Gasteiger partial charge in [-0.2, -0.15) is 0 Å². The maximum Gasteiger partial charge on any atom is 0.187 e. The Hall–Kier alpha value is -1.80. The lowest BCUT2D eigenvalue weighted by Crippen LogP contribution is -2.60. The predicted molar refractivity (Wildman–Crippen MR) is 204 cm³/mol. The monoisotopic (exact) mass is 737 g/mol. The molecule has 52 heavy (non-hydrogen) atoms.